The number of halogens is 2. The molecule has 1 aliphatic rings. The lowest BCUT2D eigenvalue weighted by atomic mass is 9.88. The van der Waals surface area contributed by atoms with E-state index in [9.17, 15) is 14.3 Å². The van der Waals surface area contributed by atoms with Gasteiger partial charge in [0.2, 0.25) is 0 Å². The minimum Gasteiger partial charge on any atom is -0.384 e. The standard InChI is InChI=1S/C21H21ClFN5O2/c1-12(29)21(30)28-8-5-13(6-9-28)19-18(17-4-7-24-11-25-17)20(27-26-19)15-3-2-14(22)10-16(15)23/h2-4,7,10-13,29H,5-6,8-9H2,1H3,(H,26,27). The zero-order valence-electron chi connectivity index (χ0n) is 16.3. The number of likely N-dealkylation sites (tertiary alicyclic amines) is 1. The van der Waals surface area contributed by atoms with Crippen molar-refractivity contribution >= 4 is 17.5 Å². The van der Waals surface area contributed by atoms with Crippen LogP contribution in [0.1, 0.15) is 31.4 Å². The molecule has 0 spiro atoms. The number of amides is 1. The molecule has 0 aliphatic carbocycles. The Kier molecular flexibility index (Phi) is 5.78. The van der Waals surface area contributed by atoms with E-state index in [0.29, 0.717) is 47.9 Å². The highest BCUT2D eigenvalue weighted by molar-refractivity contribution is 6.30. The molecule has 7 nitrogen and oxygen atoms in total. The van der Waals surface area contributed by atoms with Gasteiger partial charge in [-0.2, -0.15) is 5.10 Å². The van der Waals surface area contributed by atoms with Gasteiger partial charge in [-0.15, -0.1) is 0 Å². The molecule has 0 saturated carbocycles. The van der Waals surface area contributed by atoms with Crippen LogP contribution >= 0.6 is 11.6 Å². The maximum Gasteiger partial charge on any atom is 0.251 e. The van der Waals surface area contributed by atoms with Crippen LogP contribution in [0.5, 0.6) is 0 Å². The summed E-state index contributed by atoms with van der Waals surface area (Å²) >= 11 is 5.91. The molecule has 3 heterocycles. The van der Waals surface area contributed by atoms with Crippen molar-refractivity contribution in [2.75, 3.05) is 13.1 Å². The van der Waals surface area contributed by atoms with Crippen molar-refractivity contribution in [2.45, 2.75) is 31.8 Å². The molecule has 1 aromatic carbocycles. The van der Waals surface area contributed by atoms with Crippen molar-refractivity contribution in [3.63, 3.8) is 0 Å². The number of piperidine rings is 1. The molecule has 3 aromatic rings. The van der Waals surface area contributed by atoms with Crippen LogP contribution in [0.25, 0.3) is 22.5 Å². The van der Waals surface area contributed by atoms with Crippen molar-refractivity contribution in [2.24, 2.45) is 0 Å². The lowest BCUT2D eigenvalue weighted by molar-refractivity contribution is -0.140. The zero-order chi connectivity index (χ0) is 21.3. The van der Waals surface area contributed by atoms with Crippen molar-refractivity contribution in [3.8, 4) is 22.5 Å². The minimum atomic E-state index is -1.01. The van der Waals surface area contributed by atoms with E-state index in [4.69, 9.17) is 11.6 Å². The number of benzene rings is 1. The first-order valence-corrected chi connectivity index (χ1v) is 10.1. The summed E-state index contributed by atoms with van der Waals surface area (Å²) in [6.45, 7) is 2.53. The summed E-state index contributed by atoms with van der Waals surface area (Å²) in [6, 6.07) is 6.25. The number of hydrogen-bond acceptors (Lipinski definition) is 5. The summed E-state index contributed by atoms with van der Waals surface area (Å²) in [6.07, 6.45) is 3.45. The van der Waals surface area contributed by atoms with Crippen molar-refractivity contribution < 1.29 is 14.3 Å². The molecule has 1 amide bonds. The van der Waals surface area contributed by atoms with Gasteiger partial charge in [0.1, 0.15) is 23.9 Å². The third-order valence-electron chi connectivity index (χ3n) is 5.39. The van der Waals surface area contributed by atoms with E-state index in [1.807, 2.05) is 0 Å². The summed E-state index contributed by atoms with van der Waals surface area (Å²) in [5.74, 6) is -0.643. The Hall–Kier alpha value is -2.84. The lowest BCUT2D eigenvalue weighted by Gasteiger charge is -2.32. The SMILES string of the molecule is CC(O)C(=O)N1CCC(c2[nH]nc(-c3ccc(Cl)cc3F)c2-c2ccncn2)CC1. The number of aliphatic hydroxyl groups is 1. The van der Waals surface area contributed by atoms with E-state index in [1.54, 1.807) is 29.3 Å². The van der Waals surface area contributed by atoms with Crippen LogP contribution in [0.2, 0.25) is 5.02 Å². The second kappa shape index (κ2) is 8.49. The van der Waals surface area contributed by atoms with E-state index in [2.05, 4.69) is 20.2 Å². The lowest BCUT2D eigenvalue weighted by Crippen LogP contribution is -2.42. The molecule has 156 valence electrons. The number of aliphatic hydroxyl groups excluding tert-OH is 1. The quantitative estimate of drug-likeness (QED) is 0.662. The maximum absolute atomic E-state index is 14.7. The average Bonchev–Trinajstić information content (AvgIpc) is 3.18. The fourth-order valence-electron chi connectivity index (χ4n) is 3.88. The van der Waals surface area contributed by atoms with E-state index in [1.165, 1.54) is 19.3 Å². The number of aromatic amines is 1. The molecule has 9 heteroatoms. The predicted octanol–water partition coefficient (Wildman–Crippen LogP) is 3.41. The number of aromatic nitrogens is 4. The fourth-order valence-corrected chi connectivity index (χ4v) is 4.04. The van der Waals surface area contributed by atoms with Crippen LogP contribution in [0, 0.1) is 5.82 Å². The first-order chi connectivity index (χ1) is 14.5. The van der Waals surface area contributed by atoms with Gasteiger partial charge in [-0.3, -0.25) is 9.89 Å². The van der Waals surface area contributed by atoms with Crippen molar-refractivity contribution in [1.29, 1.82) is 0 Å². The van der Waals surface area contributed by atoms with Crippen LogP contribution in [0.3, 0.4) is 0 Å². The van der Waals surface area contributed by atoms with Crippen molar-refractivity contribution in [1.82, 2.24) is 25.1 Å². The number of nitrogens with one attached hydrogen (secondary N) is 1. The van der Waals surface area contributed by atoms with Crippen LogP contribution in [-0.4, -0.2) is 55.3 Å². The van der Waals surface area contributed by atoms with Crippen LogP contribution < -0.4 is 0 Å². The topological polar surface area (TPSA) is 95.0 Å². The zero-order valence-corrected chi connectivity index (χ0v) is 17.1. The molecule has 0 radical (unpaired) electrons. The van der Waals surface area contributed by atoms with Crippen LogP contribution in [0.15, 0.2) is 36.8 Å². The molecule has 1 aliphatic heterocycles. The number of carbonyl (C=O) groups excluding carboxylic acids is 1. The number of nitrogens with zero attached hydrogens (tertiary/aromatic N) is 4. The number of rotatable bonds is 4. The normalized spacial score (nSPS) is 15.9. The Morgan fingerprint density at radius 3 is 2.73 bits per heavy atom. The molecule has 4 rings (SSSR count). The van der Waals surface area contributed by atoms with Crippen LogP contribution in [-0.2, 0) is 4.79 Å². The molecule has 30 heavy (non-hydrogen) atoms. The Balaban J connectivity index is 1.71. The summed E-state index contributed by atoms with van der Waals surface area (Å²) in [5, 5.41) is 17.4. The first kappa shape index (κ1) is 20.4. The van der Waals surface area contributed by atoms with E-state index in [-0.39, 0.29) is 11.8 Å². The first-order valence-electron chi connectivity index (χ1n) is 9.72. The molecular weight excluding hydrogens is 409 g/mol. The Morgan fingerprint density at radius 2 is 2.10 bits per heavy atom. The highest BCUT2D eigenvalue weighted by Crippen LogP contribution is 2.40. The molecule has 0 bridgehead atoms. The fraction of sp³-hybridized carbons (Fsp3) is 0.333. The van der Waals surface area contributed by atoms with Gasteiger partial charge < -0.3 is 10.0 Å². The smallest absolute Gasteiger partial charge is 0.251 e. The summed E-state index contributed by atoms with van der Waals surface area (Å²) in [4.78, 5) is 22.1. The molecule has 1 atom stereocenters. The Morgan fingerprint density at radius 1 is 1.33 bits per heavy atom. The molecule has 1 saturated heterocycles. The minimum absolute atomic E-state index is 0.0876. The van der Waals surface area contributed by atoms with Gasteiger partial charge in [0, 0.05) is 47.0 Å². The highest BCUT2D eigenvalue weighted by atomic mass is 35.5. The number of carbonyl (C=O) groups is 1. The number of H-pyrrole nitrogens is 1. The molecule has 2 aromatic heterocycles. The van der Waals surface area contributed by atoms with Gasteiger partial charge in [-0.25, -0.2) is 14.4 Å². The Bertz CT molecular complexity index is 1050. The van der Waals surface area contributed by atoms with Gasteiger partial charge in [-0.05, 0) is 44.0 Å². The molecular formula is C21H21ClFN5O2. The second-order valence-corrected chi connectivity index (χ2v) is 7.79. The number of hydrogen-bond donors (Lipinski definition) is 2. The average molecular weight is 430 g/mol. The third kappa shape index (κ3) is 3.93. The Labute approximate surface area is 177 Å². The third-order valence-corrected chi connectivity index (χ3v) is 5.63. The molecule has 1 fully saturated rings. The predicted molar refractivity (Wildman–Crippen MR) is 110 cm³/mol. The van der Waals surface area contributed by atoms with Gasteiger partial charge in [0.05, 0.1) is 5.69 Å². The molecule has 2 N–H and O–H groups in total. The van der Waals surface area contributed by atoms with Crippen LogP contribution in [0.4, 0.5) is 4.39 Å². The molecule has 1 unspecified atom stereocenters. The maximum atomic E-state index is 14.7. The monoisotopic (exact) mass is 429 g/mol. The summed E-state index contributed by atoms with van der Waals surface area (Å²) in [5.41, 5.74) is 3.00. The second-order valence-electron chi connectivity index (χ2n) is 7.36. The highest BCUT2D eigenvalue weighted by Gasteiger charge is 2.30. The van der Waals surface area contributed by atoms with Gasteiger partial charge in [0.25, 0.3) is 5.91 Å². The van der Waals surface area contributed by atoms with Gasteiger partial charge in [0.15, 0.2) is 0 Å². The van der Waals surface area contributed by atoms with E-state index in [0.717, 1.165) is 11.3 Å². The van der Waals surface area contributed by atoms with E-state index < -0.39 is 11.9 Å². The van der Waals surface area contributed by atoms with Gasteiger partial charge >= 0.3 is 0 Å². The largest absolute Gasteiger partial charge is 0.384 e. The van der Waals surface area contributed by atoms with Crippen molar-refractivity contribution in [3.05, 3.63) is 53.3 Å². The van der Waals surface area contributed by atoms with E-state index >= 15 is 0 Å². The van der Waals surface area contributed by atoms with Gasteiger partial charge in [-0.1, -0.05) is 11.6 Å². The summed E-state index contributed by atoms with van der Waals surface area (Å²) < 4.78 is 14.7. The summed E-state index contributed by atoms with van der Waals surface area (Å²) in [7, 11) is 0.